The highest BCUT2D eigenvalue weighted by Crippen LogP contribution is 2.31. The van der Waals surface area contributed by atoms with Crippen LogP contribution < -0.4 is 15.6 Å². The van der Waals surface area contributed by atoms with Crippen molar-refractivity contribution in [2.45, 2.75) is 10.1 Å². The summed E-state index contributed by atoms with van der Waals surface area (Å²) in [5.41, 5.74) is 7.47. The lowest BCUT2D eigenvalue weighted by Crippen LogP contribution is -2.43. The number of hydrogen-bond donors (Lipinski definition) is 2. The van der Waals surface area contributed by atoms with Crippen LogP contribution in [0.2, 0.25) is 0 Å². The van der Waals surface area contributed by atoms with Crippen molar-refractivity contribution in [2.24, 2.45) is 0 Å². The lowest BCUT2D eigenvalue weighted by molar-refractivity contribution is -0.123. The van der Waals surface area contributed by atoms with Crippen LogP contribution in [0.5, 0.6) is 5.75 Å². The van der Waals surface area contributed by atoms with Crippen LogP contribution in [0.4, 0.5) is 0 Å². The van der Waals surface area contributed by atoms with Crippen LogP contribution in [0.3, 0.4) is 0 Å². The molecule has 1 aromatic heterocycles. The Balaban J connectivity index is 1.24. The standard InChI is InChI=1S/C24H18N4O3S2/c25-13-18-5-1-3-7-20(18)31-14-22(29)27-28-23(30)17-11-9-16(10-12-17)15-32-24-26-19-6-2-4-8-21(19)33-24/h1-12H,14-15H2,(H,27,29)(H,28,30). The number of carbonyl (C=O) groups excluding carboxylic acids is 2. The van der Waals surface area contributed by atoms with E-state index in [4.69, 9.17) is 10.00 Å². The average molecular weight is 475 g/mol. The number of rotatable bonds is 7. The number of hydrazine groups is 1. The SMILES string of the molecule is N#Cc1ccccc1OCC(=O)NNC(=O)c1ccc(CSc2nc3ccccc3s2)cc1. The van der Waals surface area contributed by atoms with Crippen LogP contribution in [0.25, 0.3) is 10.2 Å². The monoisotopic (exact) mass is 474 g/mol. The molecule has 0 atom stereocenters. The van der Waals surface area contributed by atoms with Gasteiger partial charge in [0.2, 0.25) is 0 Å². The fourth-order valence-electron chi connectivity index (χ4n) is 2.87. The molecule has 3 aromatic carbocycles. The van der Waals surface area contributed by atoms with Gasteiger partial charge in [-0.15, -0.1) is 11.3 Å². The third-order valence-corrected chi connectivity index (χ3v) is 6.78. The van der Waals surface area contributed by atoms with Crippen LogP contribution in [0, 0.1) is 11.3 Å². The second-order valence-electron chi connectivity index (χ2n) is 6.83. The molecule has 0 saturated heterocycles. The van der Waals surface area contributed by atoms with E-state index in [0.29, 0.717) is 16.9 Å². The minimum Gasteiger partial charge on any atom is -0.482 e. The number of thiazole rings is 1. The lowest BCUT2D eigenvalue weighted by atomic mass is 10.1. The lowest BCUT2D eigenvalue weighted by Gasteiger charge is -2.10. The van der Waals surface area contributed by atoms with Crippen molar-refractivity contribution in [2.75, 3.05) is 6.61 Å². The number of amides is 2. The molecule has 164 valence electrons. The van der Waals surface area contributed by atoms with Crippen LogP contribution in [-0.4, -0.2) is 23.4 Å². The molecule has 0 aliphatic rings. The summed E-state index contributed by atoms with van der Waals surface area (Å²) in [5, 5.41) is 9.04. The van der Waals surface area contributed by atoms with E-state index in [1.165, 1.54) is 0 Å². The molecule has 0 unspecified atom stereocenters. The zero-order valence-corrected chi connectivity index (χ0v) is 18.9. The van der Waals surface area contributed by atoms with Gasteiger partial charge in [0.25, 0.3) is 11.8 Å². The molecule has 0 saturated carbocycles. The Morgan fingerprint density at radius 3 is 2.55 bits per heavy atom. The second kappa shape index (κ2) is 10.6. The summed E-state index contributed by atoms with van der Waals surface area (Å²) in [6, 6.07) is 23.8. The molecule has 0 bridgehead atoms. The Morgan fingerprint density at radius 2 is 1.76 bits per heavy atom. The largest absolute Gasteiger partial charge is 0.482 e. The summed E-state index contributed by atoms with van der Waals surface area (Å²) in [5.74, 6) is 0.0619. The predicted molar refractivity (Wildman–Crippen MR) is 128 cm³/mol. The second-order valence-corrected chi connectivity index (χ2v) is 9.09. The number of ether oxygens (including phenoxy) is 1. The topological polar surface area (TPSA) is 104 Å². The summed E-state index contributed by atoms with van der Waals surface area (Å²) in [7, 11) is 0. The van der Waals surface area contributed by atoms with Crippen molar-refractivity contribution in [1.29, 1.82) is 5.26 Å². The molecular weight excluding hydrogens is 456 g/mol. The van der Waals surface area contributed by atoms with Crippen LogP contribution in [0.1, 0.15) is 21.5 Å². The van der Waals surface area contributed by atoms with E-state index in [1.54, 1.807) is 59.5 Å². The fraction of sp³-hybridized carbons (Fsp3) is 0.0833. The van der Waals surface area contributed by atoms with Crippen molar-refractivity contribution in [3.05, 3.63) is 89.5 Å². The van der Waals surface area contributed by atoms with Gasteiger partial charge in [-0.3, -0.25) is 20.4 Å². The summed E-state index contributed by atoms with van der Waals surface area (Å²) < 4.78 is 7.49. The molecule has 0 aliphatic heterocycles. The smallest absolute Gasteiger partial charge is 0.276 e. The molecule has 0 spiro atoms. The van der Waals surface area contributed by atoms with Gasteiger partial charge >= 0.3 is 0 Å². The first-order chi connectivity index (χ1) is 16.1. The maximum atomic E-state index is 12.3. The Bertz CT molecular complexity index is 1300. The van der Waals surface area contributed by atoms with Crippen molar-refractivity contribution in [3.8, 4) is 11.8 Å². The highest BCUT2D eigenvalue weighted by molar-refractivity contribution is 8.00. The summed E-state index contributed by atoms with van der Waals surface area (Å²) in [4.78, 5) is 28.8. The van der Waals surface area contributed by atoms with Gasteiger partial charge in [0, 0.05) is 11.3 Å². The van der Waals surface area contributed by atoms with Gasteiger partial charge in [0.15, 0.2) is 10.9 Å². The first-order valence-corrected chi connectivity index (χ1v) is 11.7. The van der Waals surface area contributed by atoms with E-state index in [0.717, 1.165) is 25.9 Å². The number of carbonyl (C=O) groups is 2. The van der Waals surface area contributed by atoms with Gasteiger partial charge in [-0.05, 0) is 42.0 Å². The molecule has 2 amide bonds. The Morgan fingerprint density at radius 1 is 1.00 bits per heavy atom. The van der Waals surface area contributed by atoms with Crippen molar-refractivity contribution in [1.82, 2.24) is 15.8 Å². The normalized spacial score (nSPS) is 10.4. The number of nitrogens with zero attached hydrogens (tertiary/aromatic N) is 2. The molecule has 4 rings (SSSR count). The minimum atomic E-state index is -0.542. The first kappa shape index (κ1) is 22.3. The molecule has 4 aromatic rings. The van der Waals surface area contributed by atoms with E-state index in [1.807, 2.05) is 36.4 Å². The van der Waals surface area contributed by atoms with Crippen molar-refractivity contribution in [3.63, 3.8) is 0 Å². The summed E-state index contributed by atoms with van der Waals surface area (Å²) >= 11 is 3.31. The third kappa shape index (κ3) is 5.88. The number of hydrogen-bond acceptors (Lipinski definition) is 7. The van der Waals surface area contributed by atoms with Crippen LogP contribution in [0.15, 0.2) is 77.1 Å². The van der Waals surface area contributed by atoms with E-state index >= 15 is 0 Å². The maximum absolute atomic E-state index is 12.3. The average Bonchev–Trinajstić information content (AvgIpc) is 3.28. The van der Waals surface area contributed by atoms with Gasteiger partial charge in [-0.2, -0.15) is 5.26 Å². The van der Waals surface area contributed by atoms with Gasteiger partial charge in [0.05, 0.1) is 15.8 Å². The quantitative estimate of drug-likeness (QED) is 0.306. The zero-order valence-electron chi connectivity index (χ0n) is 17.3. The zero-order chi connectivity index (χ0) is 23.0. The number of aromatic nitrogens is 1. The first-order valence-electron chi connectivity index (χ1n) is 9.91. The number of nitrogens with one attached hydrogen (secondary N) is 2. The number of fused-ring (bicyclic) bond motifs is 1. The van der Waals surface area contributed by atoms with Crippen LogP contribution in [-0.2, 0) is 10.5 Å². The number of para-hydroxylation sites is 2. The Labute approximate surface area is 198 Å². The van der Waals surface area contributed by atoms with Gasteiger partial charge < -0.3 is 4.74 Å². The maximum Gasteiger partial charge on any atom is 0.276 e. The van der Waals surface area contributed by atoms with E-state index in [-0.39, 0.29) is 6.61 Å². The van der Waals surface area contributed by atoms with Crippen molar-refractivity contribution < 1.29 is 14.3 Å². The molecule has 9 heteroatoms. The van der Waals surface area contributed by atoms with Crippen LogP contribution >= 0.6 is 23.1 Å². The van der Waals surface area contributed by atoms with Gasteiger partial charge in [-0.25, -0.2) is 4.98 Å². The highest BCUT2D eigenvalue weighted by atomic mass is 32.2. The molecule has 2 N–H and O–H groups in total. The van der Waals surface area contributed by atoms with E-state index in [9.17, 15) is 9.59 Å². The third-order valence-electron chi connectivity index (χ3n) is 4.53. The number of nitriles is 1. The predicted octanol–water partition coefficient (Wildman–Crippen LogP) is 4.30. The molecule has 0 fully saturated rings. The fourth-order valence-corrected chi connectivity index (χ4v) is 4.90. The highest BCUT2D eigenvalue weighted by Gasteiger charge is 2.10. The molecule has 33 heavy (non-hydrogen) atoms. The summed E-state index contributed by atoms with van der Waals surface area (Å²) in [6.07, 6.45) is 0. The molecule has 1 heterocycles. The van der Waals surface area contributed by atoms with E-state index < -0.39 is 11.8 Å². The van der Waals surface area contributed by atoms with Crippen molar-refractivity contribution >= 4 is 45.1 Å². The molecular formula is C24H18N4O3S2. The molecule has 0 aliphatic carbocycles. The van der Waals surface area contributed by atoms with E-state index in [2.05, 4.69) is 21.9 Å². The minimum absolute atomic E-state index is 0.306. The number of thioether (sulfide) groups is 1. The Kier molecular flexibility index (Phi) is 7.19. The molecule has 0 radical (unpaired) electrons. The molecule has 7 nitrogen and oxygen atoms in total. The van der Waals surface area contributed by atoms with Gasteiger partial charge in [-0.1, -0.05) is 48.2 Å². The van der Waals surface area contributed by atoms with Gasteiger partial charge in [0.1, 0.15) is 11.8 Å². The summed E-state index contributed by atoms with van der Waals surface area (Å²) in [6.45, 7) is -0.332. The Hall–Kier alpha value is -3.87. The number of benzene rings is 3.